The molecule has 1 aliphatic heterocycles. The van der Waals surface area contributed by atoms with Gasteiger partial charge in [-0.3, -0.25) is 19.1 Å². The smallest absolute Gasteiger partial charge is 0.328 e. The monoisotopic (exact) mass is 267 g/mol. The van der Waals surface area contributed by atoms with Gasteiger partial charge in [0, 0.05) is 25.4 Å². The van der Waals surface area contributed by atoms with Crippen LogP contribution in [-0.4, -0.2) is 44.7 Å². The van der Waals surface area contributed by atoms with E-state index >= 15 is 0 Å². The van der Waals surface area contributed by atoms with Crippen molar-refractivity contribution < 1.29 is 9.90 Å². The van der Waals surface area contributed by atoms with E-state index in [0.29, 0.717) is 25.9 Å². The normalized spacial score (nSPS) is 20.1. The molecule has 0 aliphatic carbocycles. The summed E-state index contributed by atoms with van der Waals surface area (Å²) in [7, 11) is 0. The van der Waals surface area contributed by atoms with Gasteiger partial charge in [0.25, 0.3) is 5.56 Å². The molecule has 104 valence electrons. The van der Waals surface area contributed by atoms with Crippen molar-refractivity contribution in [3.05, 3.63) is 33.1 Å². The molecule has 19 heavy (non-hydrogen) atoms. The Morgan fingerprint density at radius 2 is 2.16 bits per heavy atom. The van der Waals surface area contributed by atoms with Crippen LogP contribution < -0.4 is 11.2 Å². The van der Waals surface area contributed by atoms with Gasteiger partial charge in [0.2, 0.25) is 5.91 Å². The average Bonchev–Trinajstić information content (AvgIpc) is 2.57. The van der Waals surface area contributed by atoms with E-state index in [2.05, 4.69) is 4.98 Å². The van der Waals surface area contributed by atoms with Crippen LogP contribution in [0, 0.1) is 0 Å². The highest BCUT2D eigenvalue weighted by Gasteiger charge is 2.19. The second-order valence-corrected chi connectivity index (χ2v) is 4.70. The second-order valence-electron chi connectivity index (χ2n) is 4.70. The fraction of sp³-hybridized carbons (Fsp3) is 0.583. The van der Waals surface area contributed by atoms with Crippen LogP contribution in [0.15, 0.2) is 21.9 Å². The van der Waals surface area contributed by atoms with Crippen LogP contribution in [0.5, 0.6) is 0 Å². The van der Waals surface area contributed by atoms with Crippen molar-refractivity contribution in [2.24, 2.45) is 0 Å². The Kier molecular flexibility index (Phi) is 4.16. The van der Waals surface area contributed by atoms with Gasteiger partial charge in [-0.05, 0) is 19.3 Å². The minimum Gasteiger partial charge on any atom is -0.393 e. The van der Waals surface area contributed by atoms with E-state index in [1.54, 1.807) is 4.90 Å². The lowest BCUT2D eigenvalue weighted by atomic mass is 10.2. The predicted octanol–water partition coefficient (Wildman–Crippen LogP) is -1.09. The third kappa shape index (κ3) is 3.54. The number of nitrogens with one attached hydrogen (secondary N) is 1. The fourth-order valence-corrected chi connectivity index (χ4v) is 2.14. The summed E-state index contributed by atoms with van der Waals surface area (Å²) in [6, 6.07) is 1.21. The molecule has 1 saturated heterocycles. The first-order valence-electron chi connectivity index (χ1n) is 6.32. The van der Waals surface area contributed by atoms with E-state index in [0.717, 1.165) is 6.42 Å². The lowest BCUT2D eigenvalue weighted by molar-refractivity contribution is -0.131. The lowest BCUT2D eigenvalue weighted by Gasteiger charge is -2.20. The minimum atomic E-state index is -0.587. The minimum absolute atomic E-state index is 0.0916. The predicted molar refractivity (Wildman–Crippen MR) is 67.8 cm³/mol. The van der Waals surface area contributed by atoms with Crippen LogP contribution in [0.2, 0.25) is 0 Å². The third-order valence-corrected chi connectivity index (χ3v) is 3.25. The highest BCUT2D eigenvalue weighted by Crippen LogP contribution is 2.10. The van der Waals surface area contributed by atoms with Gasteiger partial charge >= 0.3 is 5.69 Å². The number of aliphatic hydroxyl groups is 1. The van der Waals surface area contributed by atoms with Crippen molar-refractivity contribution in [2.45, 2.75) is 31.9 Å². The van der Waals surface area contributed by atoms with Gasteiger partial charge in [-0.1, -0.05) is 0 Å². The first-order valence-corrected chi connectivity index (χ1v) is 6.32. The van der Waals surface area contributed by atoms with Crippen LogP contribution in [-0.2, 0) is 11.3 Å². The second kappa shape index (κ2) is 5.83. The summed E-state index contributed by atoms with van der Waals surface area (Å²) in [5, 5.41) is 9.52. The van der Waals surface area contributed by atoms with E-state index < -0.39 is 11.2 Å². The number of likely N-dealkylation sites (tertiary alicyclic amines) is 1. The Hall–Kier alpha value is -1.89. The third-order valence-electron chi connectivity index (χ3n) is 3.25. The van der Waals surface area contributed by atoms with Crippen molar-refractivity contribution in [3.8, 4) is 0 Å². The molecule has 1 aromatic heterocycles. The first kappa shape index (κ1) is 13.5. The summed E-state index contributed by atoms with van der Waals surface area (Å²) in [5.74, 6) is -0.178. The van der Waals surface area contributed by atoms with Crippen molar-refractivity contribution in [1.29, 1.82) is 0 Å². The molecule has 0 spiro atoms. The number of rotatable bonds is 2. The number of hydrogen-bond donors (Lipinski definition) is 2. The highest BCUT2D eigenvalue weighted by atomic mass is 16.3. The van der Waals surface area contributed by atoms with Crippen molar-refractivity contribution in [1.82, 2.24) is 14.5 Å². The Morgan fingerprint density at radius 3 is 2.89 bits per heavy atom. The Bertz CT molecular complexity index is 563. The number of carbonyl (C=O) groups is 1. The van der Waals surface area contributed by atoms with Gasteiger partial charge in [-0.25, -0.2) is 4.79 Å². The largest absolute Gasteiger partial charge is 0.393 e. The maximum absolute atomic E-state index is 12.1. The summed E-state index contributed by atoms with van der Waals surface area (Å²) in [6.07, 6.45) is 2.97. The topological polar surface area (TPSA) is 95.4 Å². The van der Waals surface area contributed by atoms with Gasteiger partial charge in [0.15, 0.2) is 0 Å². The molecule has 0 unspecified atom stereocenters. The van der Waals surface area contributed by atoms with Gasteiger partial charge in [0.05, 0.1) is 6.10 Å². The number of amides is 1. The fourth-order valence-electron chi connectivity index (χ4n) is 2.14. The summed E-state index contributed by atoms with van der Waals surface area (Å²) in [4.78, 5) is 38.2. The number of H-pyrrole nitrogens is 1. The molecule has 2 heterocycles. The molecule has 1 aromatic rings. The number of aliphatic hydroxyl groups excluding tert-OH is 1. The summed E-state index contributed by atoms with van der Waals surface area (Å²) < 4.78 is 1.17. The maximum atomic E-state index is 12.1. The molecule has 1 amide bonds. The number of hydrogen-bond acceptors (Lipinski definition) is 4. The van der Waals surface area contributed by atoms with Crippen molar-refractivity contribution >= 4 is 5.91 Å². The summed E-state index contributed by atoms with van der Waals surface area (Å²) in [5.41, 5.74) is -1.07. The summed E-state index contributed by atoms with van der Waals surface area (Å²) in [6.45, 7) is 0.998. The molecule has 7 heteroatoms. The van der Waals surface area contributed by atoms with Crippen LogP contribution >= 0.6 is 0 Å². The molecule has 7 nitrogen and oxygen atoms in total. The van der Waals surface area contributed by atoms with E-state index in [4.69, 9.17) is 0 Å². The molecule has 1 aliphatic rings. The van der Waals surface area contributed by atoms with Crippen LogP contribution in [0.25, 0.3) is 0 Å². The van der Waals surface area contributed by atoms with Crippen LogP contribution in [0.1, 0.15) is 19.3 Å². The highest BCUT2D eigenvalue weighted by molar-refractivity contribution is 5.76. The molecular formula is C12H17N3O4. The SMILES string of the molecule is O=C(Cn1ccc(=O)[nH]c1=O)N1CCC[C@H](O)CC1. The number of aromatic nitrogens is 2. The zero-order chi connectivity index (χ0) is 13.8. The van der Waals surface area contributed by atoms with E-state index in [1.165, 1.54) is 16.8 Å². The number of nitrogens with zero attached hydrogens (tertiary/aromatic N) is 2. The van der Waals surface area contributed by atoms with Gasteiger partial charge in [-0.15, -0.1) is 0 Å². The molecular weight excluding hydrogens is 250 g/mol. The molecule has 0 radical (unpaired) electrons. The molecule has 2 N–H and O–H groups in total. The molecule has 2 rings (SSSR count). The Labute approximate surface area is 109 Å². The van der Waals surface area contributed by atoms with Gasteiger partial charge in [-0.2, -0.15) is 0 Å². The van der Waals surface area contributed by atoms with Crippen molar-refractivity contribution in [2.75, 3.05) is 13.1 Å². The van der Waals surface area contributed by atoms with E-state index in [9.17, 15) is 19.5 Å². The number of carbonyl (C=O) groups excluding carboxylic acids is 1. The van der Waals surface area contributed by atoms with Crippen LogP contribution in [0.4, 0.5) is 0 Å². The maximum Gasteiger partial charge on any atom is 0.328 e. The molecule has 0 saturated carbocycles. The van der Waals surface area contributed by atoms with E-state index in [1.807, 2.05) is 0 Å². The first-order chi connectivity index (χ1) is 9.06. The molecule has 0 aromatic carbocycles. The Morgan fingerprint density at radius 1 is 1.37 bits per heavy atom. The summed E-state index contributed by atoms with van der Waals surface area (Å²) >= 11 is 0. The zero-order valence-corrected chi connectivity index (χ0v) is 10.5. The number of aromatic amines is 1. The van der Waals surface area contributed by atoms with Crippen molar-refractivity contribution in [3.63, 3.8) is 0 Å². The molecule has 0 bridgehead atoms. The molecule has 1 atom stereocenters. The zero-order valence-electron chi connectivity index (χ0n) is 10.5. The van der Waals surface area contributed by atoms with Gasteiger partial charge in [0.1, 0.15) is 6.54 Å². The molecule has 1 fully saturated rings. The lowest BCUT2D eigenvalue weighted by Crippen LogP contribution is -2.38. The average molecular weight is 267 g/mol. The van der Waals surface area contributed by atoms with Gasteiger partial charge < -0.3 is 10.0 Å². The van der Waals surface area contributed by atoms with Crippen LogP contribution in [0.3, 0.4) is 0 Å². The Balaban J connectivity index is 2.04. The quantitative estimate of drug-likeness (QED) is 0.711. The van der Waals surface area contributed by atoms with E-state index in [-0.39, 0.29) is 18.6 Å². The standard InChI is InChI=1S/C12H17N3O4/c16-9-2-1-5-14(6-3-9)11(18)8-15-7-4-10(17)13-12(15)19/h4,7,9,16H,1-3,5-6,8H2,(H,13,17,19)/t9-/m0/s1.